The molecule has 2 aromatic carbocycles. The van der Waals surface area contributed by atoms with Gasteiger partial charge in [-0.2, -0.15) is 5.10 Å². The summed E-state index contributed by atoms with van der Waals surface area (Å²) in [5, 5.41) is 15.6. The number of nitrogens with zero attached hydrogens (tertiary/aromatic N) is 2. The summed E-state index contributed by atoms with van der Waals surface area (Å²) in [6, 6.07) is 9.00. The highest BCUT2D eigenvalue weighted by atomic mass is 16.5. The van der Waals surface area contributed by atoms with Gasteiger partial charge in [-0.25, -0.2) is 0 Å². The van der Waals surface area contributed by atoms with Crippen LogP contribution in [-0.2, 0) is 7.05 Å². The Morgan fingerprint density at radius 3 is 2.70 bits per heavy atom. The molecule has 0 bridgehead atoms. The van der Waals surface area contributed by atoms with Crippen molar-refractivity contribution in [1.82, 2.24) is 4.57 Å². The van der Waals surface area contributed by atoms with E-state index in [1.54, 1.807) is 26.0 Å². The van der Waals surface area contributed by atoms with Gasteiger partial charge in [0, 0.05) is 18.5 Å². The number of hydrogen-bond donors (Lipinski definition) is 2. The third-order valence-corrected chi connectivity index (χ3v) is 5.21. The van der Waals surface area contributed by atoms with Gasteiger partial charge in [-0.1, -0.05) is 12.1 Å². The Labute approximate surface area is 155 Å². The number of hydrogen-bond acceptors (Lipinski definition) is 6. The van der Waals surface area contributed by atoms with Crippen LogP contribution in [0.25, 0.3) is 21.8 Å². The van der Waals surface area contributed by atoms with Gasteiger partial charge in [0.1, 0.15) is 28.9 Å². The first-order valence-electron chi connectivity index (χ1n) is 8.59. The van der Waals surface area contributed by atoms with Crippen LogP contribution in [0.2, 0.25) is 0 Å². The van der Waals surface area contributed by atoms with Gasteiger partial charge in [0.2, 0.25) is 5.43 Å². The minimum atomic E-state index is -1.05. The molecule has 4 rings (SSSR count). The van der Waals surface area contributed by atoms with Crippen LogP contribution in [0.5, 0.6) is 11.5 Å². The molecule has 3 N–H and O–H groups in total. The molecule has 0 radical (unpaired) electrons. The zero-order chi connectivity index (χ0) is 19.5. The van der Waals surface area contributed by atoms with E-state index in [0.717, 1.165) is 5.52 Å². The Morgan fingerprint density at radius 2 is 2.04 bits per heavy atom. The summed E-state index contributed by atoms with van der Waals surface area (Å²) in [4.78, 5) is 13.2. The topological polar surface area (TPSA) is 99.1 Å². The highest BCUT2D eigenvalue weighted by Gasteiger charge is 2.42. The first-order chi connectivity index (χ1) is 12.8. The van der Waals surface area contributed by atoms with Gasteiger partial charge in [0.05, 0.1) is 29.1 Å². The zero-order valence-corrected chi connectivity index (χ0v) is 15.6. The summed E-state index contributed by atoms with van der Waals surface area (Å²) in [7, 11) is 3.36. The molecule has 0 aliphatic carbocycles. The Kier molecular flexibility index (Phi) is 3.68. The van der Waals surface area contributed by atoms with E-state index in [9.17, 15) is 9.90 Å². The van der Waals surface area contributed by atoms with Crippen LogP contribution in [0.3, 0.4) is 0 Å². The molecule has 0 saturated heterocycles. The number of aryl methyl sites for hydroxylation is 1. The summed E-state index contributed by atoms with van der Waals surface area (Å²) in [6.45, 7) is 3.50. The predicted molar refractivity (Wildman–Crippen MR) is 105 cm³/mol. The maximum atomic E-state index is 13.2. The quantitative estimate of drug-likeness (QED) is 0.389. The van der Waals surface area contributed by atoms with Crippen LogP contribution in [0.4, 0.5) is 0 Å². The monoisotopic (exact) mass is 367 g/mol. The molecule has 2 heterocycles. The van der Waals surface area contributed by atoms with Crippen molar-refractivity contribution in [2.24, 2.45) is 18.0 Å². The molecule has 27 heavy (non-hydrogen) atoms. The number of pyridine rings is 1. The molecular formula is C20H21N3O4. The molecule has 140 valence electrons. The first kappa shape index (κ1) is 17.4. The number of fused-ring (bicyclic) bond motifs is 4. The van der Waals surface area contributed by atoms with Gasteiger partial charge in [0.25, 0.3) is 0 Å². The minimum Gasteiger partial charge on any atom is -0.496 e. The normalized spacial score (nSPS) is 19.9. The van der Waals surface area contributed by atoms with E-state index in [2.05, 4.69) is 5.10 Å². The van der Waals surface area contributed by atoms with E-state index >= 15 is 0 Å². The molecular weight excluding hydrogens is 346 g/mol. The van der Waals surface area contributed by atoms with Gasteiger partial charge in [-0.3, -0.25) is 4.79 Å². The number of para-hydroxylation sites is 1. The molecule has 3 aromatic rings. The Hall–Kier alpha value is -3.06. The Bertz CT molecular complexity index is 1180. The number of methoxy groups -OCH3 is 1. The fraction of sp³-hybridized carbons (Fsp3) is 0.300. The van der Waals surface area contributed by atoms with Crippen molar-refractivity contribution in [2.75, 3.05) is 7.11 Å². The summed E-state index contributed by atoms with van der Waals surface area (Å²) in [5.41, 5.74) is 1.01. The smallest absolute Gasteiger partial charge is 0.200 e. The van der Waals surface area contributed by atoms with E-state index in [1.807, 2.05) is 29.8 Å². The van der Waals surface area contributed by atoms with Crippen molar-refractivity contribution < 1.29 is 14.6 Å². The SMILES string of the molecule is COc1cc2c(c3c1c(=O)c1ccccc1n3C)/C(=N/N)C(O)C(C)(C)O2. The average Bonchev–Trinajstić information content (AvgIpc) is 2.65. The lowest BCUT2D eigenvalue weighted by atomic mass is 9.87. The number of rotatable bonds is 1. The van der Waals surface area contributed by atoms with Crippen LogP contribution < -0.4 is 20.7 Å². The Morgan fingerprint density at radius 1 is 1.33 bits per heavy atom. The maximum Gasteiger partial charge on any atom is 0.200 e. The first-order valence-corrected chi connectivity index (χ1v) is 8.59. The number of benzene rings is 2. The fourth-order valence-electron chi connectivity index (χ4n) is 3.82. The average molecular weight is 367 g/mol. The van der Waals surface area contributed by atoms with Crippen LogP contribution >= 0.6 is 0 Å². The van der Waals surface area contributed by atoms with Gasteiger partial charge in [0.15, 0.2) is 0 Å². The highest BCUT2D eigenvalue weighted by Crippen LogP contribution is 2.42. The molecule has 1 aliphatic heterocycles. The standard InChI is InChI=1S/C20H21N3O4/c1-20(2)19(25)16(22-21)14-13(27-20)9-12(26-4)15-17(14)23(3)11-8-6-5-7-10(11)18(15)24/h5-9,19,25H,21H2,1-4H3/b22-16-. The number of ether oxygens (including phenoxy) is 2. The summed E-state index contributed by atoms with van der Waals surface area (Å²) >= 11 is 0. The van der Waals surface area contributed by atoms with Gasteiger partial charge < -0.3 is 25.0 Å². The number of aliphatic hydroxyl groups excluding tert-OH is 1. The second kappa shape index (κ2) is 5.72. The van der Waals surface area contributed by atoms with Crippen LogP contribution in [0.15, 0.2) is 40.2 Å². The van der Waals surface area contributed by atoms with Crippen molar-refractivity contribution in [3.63, 3.8) is 0 Å². The maximum absolute atomic E-state index is 13.2. The Balaban J connectivity index is 2.29. The minimum absolute atomic E-state index is 0.158. The van der Waals surface area contributed by atoms with Gasteiger partial charge in [-0.05, 0) is 26.0 Å². The molecule has 7 nitrogen and oxygen atoms in total. The molecule has 0 spiro atoms. The predicted octanol–water partition coefficient (Wildman–Crippen LogP) is 1.89. The van der Waals surface area contributed by atoms with Crippen molar-refractivity contribution in [1.29, 1.82) is 0 Å². The van der Waals surface area contributed by atoms with E-state index in [1.165, 1.54) is 7.11 Å². The molecule has 1 aromatic heterocycles. The van der Waals surface area contributed by atoms with Crippen LogP contribution in [0, 0.1) is 0 Å². The highest BCUT2D eigenvalue weighted by molar-refractivity contribution is 6.17. The van der Waals surface area contributed by atoms with Crippen LogP contribution in [0.1, 0.15) is 19.4 Å². The van der Waals surface area contributed by atoms with Crippen molar-refractivity contribution in [2.45, 2.75) is 25.6 Å². The van der Waals surface area contributed by atoms with Gasteiger partial charge in [-0.15, -0.1) is 0 Å². The molecule has 0 amide bonds. The number of aromatic nitrogens is 1. The number of nitrogens with two attached hydrogens (primary N) is 1. The summed E-state index contributed by atoms with van der Waals surface area (Å²) < 4.78 is 13.4. The van der Waals surface area contributed by atoms with E-state index in [0.29, 0.717) is 33.4 Å². The zero-order valence-electron chi connectivity index (χ0n) is 15.6. The molecule has 1 atom stereocenters. The molecule has 0 saturated carbocycles. The second-order valence-corrected chi connectivity index (χ2v) is 7.20. The third-order valence-electron chi connectivity index (χ3n) is 5.21. The lowest BCUT2D eigenvalue weighted by Gasteiger charge is -2.38. The summed E-state index contributed by atoms with van der Waals surface area (Å²) in [6.07, 6.45) is -1.05. The van der Waals surface area contributed by atoms with Gasteiger partial charge >= 0.3 is 0 Å². The van der Waals surface area contributed by atoms with E-state index < -0.39 is 11.7 Å². The second-order valence-electron chi connectivity index (χ2n) is 7.20. The number of aliphatic hydroxyl groups is 1. The number of hydrazone groups is 1. The molecule has 1 unspecified atom stereocenters. The molecule has 7 heteroatoms. The lowest BCUT2D eigenvalue weighted by molar-refractivity contribution is 0.00219. The van der Waals surface area contributed by atoms with Crippen molar-refractivity contribution >= 4 is 27.5 Å². The van der Waals surface area contributed by atoms with Crippen molar-refractivity contribution in [3.05, 3.63) is 46.1 Å². The molecule has 0 fully saturated rings. The summed E-state index contributed by atoms with van der Waals surface area (Å²) in [5.74, 6) is 6.51. The third kappa shape index (κ3) is 2.24. The van der Waals surface area contributed by atoms with Crippen LogP contribution in [-0.4, -0.2) is 34.2 Å². The lowest BCUT2D eigenvalue weighted by Crippen LogP contribution is -2.51. The molecule has 1 aliphatic rings. The fourth-order valence-corrected chi connectivity index (χ4v) is 3.82. The van der Waals surface area contributed by atoms with Crippen molar-refractivity contribution in [3.8, 4) is 11.5 Å². The largest absolute Gasteiger partial charge is 0.496 e. The van der Waals surface area contributed by atoms with E-state index in [-0.39, 0.29) is 11.1 Å². The van der Waals surface area contributed by atoms with E-state index in [4.69, 9.17) is 15.3 Å².